The Balaban J connectivity index is 1.40. The number of rotatable bonds is 11. The number of esters is 1. The SMILES string of the molecule is COC(=O)c1ccc(CO[C@H](CN2CCN(S(=O)(=O)c3cccc(OC(F)F)c3)CC2)c2ccc(Cl)cc2)cc1. The molecule has 0 radical (unpaired) electrons. The lowest BCUT2D eigenvalue weighted by Crippen LogP contribution is -2.49. The molecule has 3 aromatic carbocycles. The molecule has 3 aromatic rings. The third-order valence-corrected chi connectivity index (χ3v) is 8.64. The maximum absolute atomic E-state index is 13.2. The van der Waals surface area contributed by atoms with Crippen LogP contribution < -0.4 is 4.74 Å². The van der Waals surface area contributed by atoms with Crippen LogP contribution in [-0.4, -0.2) is 70.0 Å². The number of carbonyl (C=O) groups excluding carboxylic acids is 1. The predicted molar refractivity (Wildman–Crippen MR) is 145 cm³/mol. The summed E-state index contributed by atoms with van der Waals surface area (Å²) in [7, 11) is -2.56. The molecule has 12 heteroatoms. The first-order valence-electron chi connectivity index (χ1n) is 12.5. The van der Waals surface area contributed by atoms with Gasteiger partial charge in [0.25, 0.3) is 0 Å². The van der Waals surface area contributed by atoms with E-state index in [1.807, 2.05) is 12.1 Å². The first-order chi connectivity index (χ1) is 19.2. The monoisotopic (exact) mass is 594 g/mol. The van der Waals surface area contributed by atoms with Crippen molar-refractivity contribution >= 4 is 27.6 Å². The minimum Gasteiger partial charge on any atom is -0.465 e. The summed E-state index contributed by atoms with van der Waals surface area (Å²) in [5, 5.41) is 0.600. The first-order valence-corrected chi connectivity index (χ1v) is 14.3. The molecule has 1 saturated heterocycles. The molecule has 4 rings (SSSR count). The van der Waals surface area contributed by atoms with Gasteiger partial charge in [0.1, 0.15) is 5.75 Å². The lowest BCUT2D eigenvalue weighted by molar-refractivity contribution is -0.0500. The van der Waals surface area contributed by atoms with Gasteiger partial charge in [0, 0.05) is 43.8 Å². The van der Waals surface area contributed by atoms with Gasteiger partial charge in [-0.05, 0) is 47.5 Å². The van der Waals surface area contributed by atoms with Crippen molar-refractivity contribution in [3.63, 3.8) is 0 Å². The number of benzene rings is 3. The van der Waals surface area contributed by atoms with E-state index in [1.54, 1.807) is 36.4 Å². The average Bonchev–Trinajstić information content (AvgIpc) is 2.95. The van der Waals surface area contributed by atoms with Crippen LogP contribution in [-0.2, 0) is 26.1 Å². The summed E-state index contributed by atoms with van der Waals surface area (Å²) in [5.41, 5.74) is 2.24. The van der Waals surface area contributed by atoms with E-state index in [1.165, 1.54) is 29.6 Å². The summed E-state index contributed by atoms with van der Waals surface area (Å²) in [6.07, 6.45) is -0.330. The van der Waals surface area contributed by atoms with E-state index in [2.05, 4.69) is 9.64 Å². The Bertz CT molecular complexity index is 1380. The van der Waals surface area contributed by atoms with Gasteiger partial charge in [0.2, 0.25) is 10.0 Å². The molecule has 0 amide bonds. The van der Waals surface area contributed by atoms with Crippen molar-refractivity contribution in [3.8, 4) is 5.75 Å². The van der Waals surface area contributed by atoms with Crippen LogP contribution in [0.15, 0.2) is 77.7 Å². The highest BCUT2D eigenvalue weighted by Crippen LogP contribution is 2.26. The first kappa shape index (κ1) is 29.9. The molecule has 0 aromatic heterocycles. The molecule has 0 spiro atoms. The normalized spacial score (nSPS) is 15.6. The summed E-state index contributed by atoms with van der Waals surface area (Å²) >= 11 is 6.08. The van der Waals surface area contributed by atoms with Crippen LogP contribution in [0.5, 0.6) is 5.75 Å². The molecule has 8 nitrogen and oxygen atoms in total. The van der Waals surface area contributed by atoms with E-state index >= 15 is 0 Å². The predicted octanol–water partition coefficient (Wildman–Crippen LogP) is 4.99. The lowest BCUT2D eigenvalue weighted by atomic mass is 10.1. The molecule has 1 atom stereocenters. The van der Waals surface area contributed by atoms with E-state index in [0.29, 0.717) is 36.8 Å². The van der Waals surface area contributed by atoms with Gasteiger partial charge in [-0.25, -0.2) is 13.2 Å². The molecule has 40 heavy (non-hydrogen) atoms. The number of carbonyl (C=O) groups is 1. The van der Waals surface area contributed by atoms with E-state index < -0.39 is 22.6 Å². The van der Waals surface area contributed by atoms with Crippen molar-refractivity contribution in [1.82, 2.24) is 9.21 Å². The van der Waals surface area contributed by atoms with E-state index in [-0.39, 0.29) is 29.8 Å². The molecule has 0 unspecified atom stereocenters. The van der Waals surface area contributed by atoms with Crippen LogP contribution in [0.2, 0.25) is 5.02 Å². The number of alkyl halides is 2. The minimum atomic E-state index is -3.88. The molecule has 1 fully saturated rings. The third-order valence-electron chi connectivity index (χ3n) is 6.49. The Morgan fingerprint density at radius 1 is 0.975 bits per heavy atom. The van der Waals surface area contributed by atoms with Crippen molar-refractivity contribution in [3.05, 3.63) is 94.5 Å². The van der Waals surface area contributed by atoms with Crippen LogP contribution in [0.25, 0.3) is 0 Å². The number of halogens is 3. The Labute approximate surface area is 237 Å². The standard InChI is InChI=1S/C28H29ClF2N2O6S/c1-37-27(34)22-7-5-20(6-8-22)19-38-26(21-9-11-23(29)12-10-21)18-32-13-15-33(16-14-32)40(35,36)25-4-2-3-24(17-25)39-28(30)31/h2-12,17,26,28H,13-16,18-19H2,1H3/t26-/m1/s1. The number of sulfonamides is 1. The molecule has 0 aliphatic carbocycles. The number of ether oxygens (including phenoxy) is 3. The summed E-state index contributed by atoms with van der Waals surface area (Å²) in [4.78, 5) is 13.7. The highest BCUT2D eigenvalue weighted by atomic mass is 35.5. The van der Waals surface area contributed by atoms with Crippen molar-refractivity contribution in [2.75, 3.05) is 39.8 Å². The van der Waals surface area contributed by atoms with Crippen molar-refractivity contribution in [2.45, 2.75) is 24.2 Å². The van der Waals surface area contributed by atoms with Gasteiger partial charge in [-0.1, -0.05) is 41.9 Å². The third kappa shape index (κ3) is 7.76. The fraction of sp³-hybridized carbons (Fsp3) is 0.321. The van der Waals surface area contributed by atoms with Crippen molar-refractivity contribution in [2.24, 2.45) is 0 Å². The number of piperazine rings is 1. The van der Waals surface area contributed by atoms with Gasteiger partial charge < -0.3 is 14.2 Å². The van der Waals surface area contributed by atoms with E-state index in [4.69, 9.17) is 21.1 Å². The smallest absolute Gasteiger partial charge is 0.387 e. The number of hydrogen-bond donors (Lipinski definition) is 0. The molecule has 1 aliphatic heterocycles. The Morgan fingerprint density at radius 2 is 1.65 bits per heavy atom. The summed E-state index contributed by atoms with van der Waals surface area (Å²) in [6, 6.07) is 19.4. The molecular weight excluding hydrogens is 566 g/mol. The van der Waals surface area contributed by atoms with Gasteiger partial charge >= 0.3 is 12.6 Å². The zero-order valence-corrected chi connectivity index (χ0v) is 23.3. The fourth-order valence-electron chi connectivity index (χ4n) is 4.33. The summed E-state index contributed by atoms with van der Waals surface area (Å²) < 4.78 is 68.2. The van der Waals surface area contributed by atoms with Gasteiger partial charge in [-0.15, -0.1) is 0 Å². The maximum Gasteiger partial charge on any atom is 0.387 e. The highest BCUT2D eigenvalue weighted by Gasteiger charge is 2.30. The molecular formula is C28H29ClF2N2O6S. The second-order valence-corrected chi connectivity index (χ2v) is 11.5. The largest absolute Gasteiger partial charge is 0.465 e. The quantitative estimate of drug-likeness (QED) is 0.289. The van der Waals surface area contributed by atoms with Gasteiger partial charge in [-0.3, -0.25) is 4.90 Å². The second kappa shape index (κ2) is 13.5. The maximum atomic E-state index is 13.2. The summed E-state index contributed by atoms with van der Waals surface area (Å²) in [6.45, 7) is -0.888. The molecule has 0 N–H and O–H groups in total. The second-order valence-electron chi connectivity index (χ2n) is 9.10. The summed E-state index contributed by atoms with van der Waals surface area (Å²) in [5.74, 6) is -0.625. The number of hydrogen-bond acceptors (Lipinski definition) is 7. The van der Waals surface area contributed by atoms with Crippen LogP contribution in [0, 0.1) is 0 Å². The van der Waals surface area contributed by atoms with Crippen molar-refractivity contribution in [1.29, 1.82) is 0 Å². The highest BCUT2D eigenvalue weighted by molar-refractivity contribution is 7.89. The van der Waals surface area contributed by atoms with Gasteiger partial charge in [0.05, 0.1) is 30.3 Å². The molecule has 0 bridgehead atoms. The fourth-order valence-corrected chi connectivity index (χ4v) is 5.91. The van der Waals surface area contributed by atoms with Crippen LogP contribution in [0.3, 0.4) is 0 Å². The number of nitrogens with zero attached hydrogens (tertiary/aromatic N) is 2. The minimum absolute atomic E-state index is 0.0975. The zero-order valence-electron chi connectivity index (χ0n) is 21.7. The van der Waals surface area contributed by atoms with Gasteiger partial charge in [0.15, 0.2) is 0 Å². The molecule has 1 aliphatic rings. The van der Waals surface area contributed by atoms with Crippen LogP contribution in [0.4, 0.5) is 8.78 Å². The Hall–Kier alpha value is -3.09. The van der Waals surface area contributed by atoms with E-state index in [0.717, 1.165) is 17.2 Å². The topological polar surface area (TPSA) is 85.4 Å². The zero-order chi connectivity index (χ0) is 28.7. The van der Waals surface area contributed by atoms with Crippen LogP contribution >= 0.6 is 11.6 Å². The molecule has 1 heterocycles. The Kier molecular flexibility index (Phi) is 10.1. The molecule has 0 saturated carbocycles. The van der Waals surface area contributed by atoms with E-state index in [9.17, 15) is 22.0 Å². The Morgan fingerprint density at radius 3 is 2.27 bits per heavy atom. The average molecular weight is 595 g/mol. The van der Waals surface area contributed by atoms with Crippen LogP contribution in [0.1, 0.15) is 27.6 Å². The van der Waals surface area contributed by atoms with Crippen molar-refractivity contribution < 1.29 is 36.2 Å². The van der Waals surface area contributed by atoms with Gasteiger partial charge in [-0.2, -0.15) is 13.1 Å². The molecule has 214 valence electrons. The number of methoxy groups -OCH3 is 1. The lowest BCUT2D eigenvalue weighted by Gasteiger charge is -2.36.